The van der Waals surface area contributed by atoms with Gasteiger partial charge >= 0.3 is 0 Å². The number of anilines is 3. The number of furan rings is 1. The van der Waals surface area contributed by atoms with Gasteiger partial charge in [-0.2, -0.15) is 0 Å². The lowest BCUT2D eigenvalue weighted by Crippen LogP contribution is -2.10. The van der Waals surface area contributed by atoms with Crippen molar-refractivity contribution in [1.29, 1.82) is 0 Å². The quantitative estimate of drug-likeness (QED) is 0.144. The molecule has 0 aliphatic carbocycles. The second-order valence-electron chi connectivity index (χ2n) is 17.7. The molecule has 3 nitrogen and oxygen atoms in total. The average molecular weight is 881 g/mol. The third-order valence-electron chi connectivity index (χ3n) is 13.6. The topological polar surface area (TPSA) is 21.3 Å². The zero-order valence-corrected chi connectivity index (χ0v) is 37.7. The zero-order chi connectivity index (χ0) is 45.7. The summed E-state index contributed by atoms with van der Waals surface area (Å²) in [4.78, 5) is 2.37. The predicted octanol–water partition coefficient (Wildman–Crippen LogP) is 18.5. The van der Waals surface area contributed by atoms with Crippen molar-refractivity contribution >= 4 is 60.8 Å². The van der Waals surface area contributed by atoms with Gasteiger partial charge in [-0.15, -0.1) is 0 Å². The minimum absolute atomic E-state index is 0.909. The fourth-order valence-corrected chi connectivity index (χ4v) is 10.3. The molecule has 0 unspecified atom stereocenters. The molecule has 13 aromatic rings. The van der Waals surface area contributed by atoms with Crippen molar-refractivity contribution in [3.63, 3.8) is 0 Å². The van der Waals surface area contributed by atoms with Gasteiger partial charge in [0.15, 0.2) is 0 Å². The van der Waals surface area contributed by atoms with E-state index in [9.17, 15) is 0 Å². The Hall–Kier alpha value is -9.18. The van der Waals surface area contributed by atoms with Gasteiger partial charge in [0.2, 0.25) is 0 Å². The first kappa shape index (κ1) is 40.1. The molecule has 0 fully saturated rings. The van der Waals surface area contributed by atoms with E-state index in [4.69, 9.17) is 4.42 Å². The molecule has 0 spiro atoms. The summed E-state index contributed by atoms with van der Waals surface area (Å²) in [6.45, 7) is 0. The molecule has 2 aromatic heterocycles. The first-order chi connectivity index (χ1) is 34.2. The summed E-state index contributed by atoms with van der Waals surface area (Å²) in [6, 6.07) is 96.1. The second-order valence-corrected chi connectivity index (χ2v) is 17.7. The van der Waals surface area contributed by atoms with Gasteiger partial charge in [0.05, 0.1) is 16.7 Å². The maximum atomic E-state index is 6.39. The standard InChI is InChI=1S/C66H44N2O/c1-2-15-45(16-3-1)50-17-12-18-51(43-50)48-37-41-54(42-38-48)67(53-39-35-47(36-40-53)46-31-33-49(34-32-46)57-25-14-26-61-60-24-7-11-30-65(60)69-66(57)61)55-20-13-19-52(44-55)56-21-4-8-27-62(56)68-63-28-9-5-22-58(63)59-23-6-10-29-64(59)68/h1-44H. The highest BCUT2D eigenvalue weighted by atomic mass is 16.3. The third-order valence-corrected chi connectivity index (χ3v) is 13.6. The molecule has 0 saturated carbocycles. The Balaban J connectivity index is 0.884. The number of para-hydroxylation sites is 5. The van der Waals surface area contributed by atoms with E-state index in [1.807, 2.05) is 12.1 Å². The maximum absolute atomic E-state index is 6.39. The van der Waals surface area contributed by atoms with Crippen molar-refractivity contribution < 1.29 is 4.42 Å². The van der Waals surface area contributed by atoms with E-state index in [1.54, 1.807) is 0 Å². The van der Waals surface area contributed by atoms with Crippen LogP contribution in [0, 0.1) is 0 Å². The minimum Gasteiger partial charge on any atom is -0.455 e. The number of rotatable bonds is 9. The first-order valence-corrected chi connectivity index (χ1v) is 23.6. The molecule has 3 heteroatoms. The van der Waals surface area contributed by atoms with Gasteiger partial charge in [-0.3, -0.25) is 0 Å². The Morgan fingerprint density at radius 1 is 0.275 bits per heavy atom. The lowest BCUT2D eigenvalue weighted by atomic mass is 9.98. The molecule has 0 atom stereocenters. The van der Waals surface area contributed by atoms with Crippen LogP contribution in [-0.4, -0.2) is 4.57 Å². The highest BCUT2D eigenvalue weighted by Crippen LogP contribution is 2.42. The lowest BCUT2D eigenvalue weighted by Gasteiger charge is -2.27. The summed E-state index contributed by atoms with van der Waals surface area (Å²) in [5.74, 6) is 0. The highest BCUT2D eigenvalue weighted by molar-refractivity contribution is 6.11. The summed E-state index contributed by atoms with van der Waals surface area (Å²) in [6.07, 6.45) is 0. The van der Waals surface area contributed by atoms with Crippen LogP contribution >= 0.6 is 0 Å². The molecule has 0 aliphatic rings. The van der Waals surface area contributed by atoms with E-state index in [2.05, 4.69) is 264 Å². The van der Waals surface area contributed by atoms with Gasteiger partial charge in [-0.1, -0.05) is 200 Å². The number of hydrogen-bond donors (Lipinski definition) is 0. The van der Waals surface area contributed by atoms with Crippen molar-refractivity contribution in [3.8, 4) is 61.3 Å². The predicted molar refractivity (Wildman–Crippen MR) is 290 cm³/mol. The number of aromatic nitrogens is 1. The van der Waals surface area contributed by atoms with Crippen molar-refractivity contribution in [2.75, 3.05) is 4.90 Å². The lowest BCUT2D eigenvalue weighted by molar-refractivity contribution is 0.670. The number of fused-ring (bicyclic) bond motifs is 6. The van der Waals surface area contributed by atoms with E-state index in [0.29, 0.717) is 0 Å². The highest BCUT2D eigenvalue weighted by Gasteiger charge is 2.19. The fraction of sp³-hybridized carbons (Fsp3) is 0. The van der Waals surface area contributed by atoms with Gasteiger partial charge in [-0.25, -0.2) is 0 Å². The molecule has 2 heterocycles. The molecule has 69 heavy (non-hydrogen) atoms. The summed E-state index contributed by atoms with van der Waals surface area (Å²) in [7, 11) is 0. The molecule has 324 valence electrons. The SMILES string of the molecule is c1ccc(-c2cccc(-c3ccc(N(c4ccc(-c5ccc(-c6cccc7c6oc6ccccc67)cc5)cc4)c4cccc(-c5ccccc5-n5c6ccccc6c6ccccc65)c4)cc3)c2)cc1. The van der Waals surface area contributed by atoms with Gasteiger partial charge < -0.3 is 13.9 Å². The Morgan fingerprint density at radius 3 is 1.43 bits per heavy atom. The van der Waals surface area contributed by atoms with E-state index in [-0.39, 0.29) is 0 Å². The van der Waals surface area contributed by atoms with Gasteiger partial charge in [0.1, 0.15) is 11.2 Å². The van der Waals surface area contributed by atoms with Crippen molar-refractivity contribution in [1.82, 2.24) is 4.57 Å². The second kappa shape index (κ2) is 16.9. The Kier molecular flexibility index (Phi) is 9.84. The molecule has 0 amide bonds. The van der Waals surface area contributed by atoms with Gasteiger partial charge in [0, 0.05) is 49.7 Å². The smallest absolute Gasteiger partial charge is 0.143 e. The molecular weight excluding hydrogens is 837 g/mol. The van der Waals surface area contributed by atoms with Crippen LogP contribution in [0.3, 0.4) is 0 Å². The molecule has 13 rings (SSSR count). The number of hydrogen-bond acceptors (Lipinski definition) is 2. The molecule has 0 saturated heterocycles. The van der Waals surface area contributed by atoms with Crippen LogP contribution in [0.1, 0.15) is 0 Å². The van der Waals surface area contributed by atoms with Gasteiger partial charge in [0.25, 0.3) is 0 Å². The molecular formula is C66H44N2O. The molecule has 0 radical (unpaired) electrons. The van der Waals surface area contributed by atoms with Crippen LogP contribution in [0.15, 0.2) is 271 Å². The van der Waals surface area contributed by atoms with E-state index in [0.717, 1.165) is 78.1 Å². The molecule has 0 N–H and O–H groups in total. The van der Waals surface area contributed by atoms with E-state index < -0.39 is 0 Å². The summed E-state index contributed by atoms with van der Waals surface area (Å²) < 4.78 is 8.81. The number of nitrogens with zero attached hydrogens (tertiary/aromatic N) is 2. The monoisotopic (exact) mass is 880 g/mol. The Labute approximate surface area is 401 Å². The van der Waals surface area contributed by atoms with Gasteiger partial charge in [-0.05, 0) is 111 Å². The minimum atomic E-state index is 0.909. The summed E-state index contributed by atoms with van der Waals surface area (Å²) >= 11 is 0. The van der Waals surface area contributed by atoms with Crippen LogP contribution in [0.4, 0.5) is 17.1 Å². The molecule has 0 bridgehead atoms. The Bertz CT molecular complexity index is 3940. The van der Waals surface area contributed by atoms with Crippen molar-refractivity contribution in [2.45, 2.75) is 0 Å². The van der Waals surface area contributed by atoms with Crippen LogP contribution < -0.4 is 4.90 Å². The largest absolute Gasteiger partial charge is 0.455 e. The van der Waals surface area contributed by atoms with Crippen molar-refractivity contribution in [2.24, 2.45) is 0 Å². The van der Waals surface area contributed by atoms with Crippen LogP contribution in [0.2, 0.25) is 0 Å². The molecule has 0 aliphatic heterocycles. The van der Waals surface area contributed by atoms with Crippen LogP contribution in [-0.2, 0) is 0 Å². The molecule has 11 aromatic carbocycles. The maximum Gasteiger partial charge on any atom is 0.143 e. The first-order valence-electron chi connectivity index (χ1n) is 23.6. The number of benzene rings is 11. The third kappa shape index (κ3) is 7.16. The normalized spacial score (nSPS) is 11.5. The van der Waals surface area contributed by atoms with E-state index in [1.165, 1.54) is 44.1 Å². The zero-order valence-electron chi connectivity index (χ0n) is 37.7. The summed E-state index contributed by atoms with van der Waals surface area (Å²) in [5.41, 5.74) is 20.1. The van der Waals surface area contributed by atoms with E-state index >= 15 is 0 Å². The Morgan fingerprint density at radius 2 is 0.739 bits per heavy atom. The van der Waals surface area contributed by atoms with Crippen molar-refractivity contribution in [3.05, 3.63) is 267 Å². The van der Waals surface area contributed by atoms with Crippen LogP contribution in [0.5, 0.6) is 0 Å². The van der Waals surface area contributed by atoms with Crippen LogP contribution in [0.25, 0.3) is 105 Å². The summed E-state index contributed by atoms with van der Waals surface area (Å²) in [5, 5.41) is 4.77. The average Bonchev–Trinajstić information content (AvgIpc) is 3.98. The fourth-order valence-electron chi connectivity index (χ4n) is 10.3.